The van der Waals surface area contributed by atoms with Crippen LogP contribution < -0.4 is 26.1 Å². The molecule has 2 heterocycles. The number of hydrogen-bond acceptors (Lipinski definition) is 6. The lowest BCUT2D eigenvalue weighted by atomic mass is 10.1. The summed E-state index contributed by atoms with van der Waals surface area (Å²) in [5.74, 6) is -0.420. The van der Waals surface area contributed by atoms with E-state index in [1.54, 1.807) is 18.2 Å². The highest BCUT2D eigenvalue weighted by atomic mass is 127. The van der Waals surface area contributed by atoms with Gasteiger partial charge in [0.1, 0.15) is 40.6 Å². The highest BCUT2D eigenvalue weighted by Crippen LogP contribution is 2.35. The third-order valence-electron chi connectivity index (χ3n) is 5.47. The van der Waals surface area contributed by atoms with Gasteiger partial charge in [-0.15, -0.1) is 0 Å². The molecule has 0 bridgehead atoms. The summed E-state index contributed by atoms with van der Waals surface area (Å²) in [5.41, 5.74) is 5.88. The second kappa shape index (κ2) is 10.0. The molecule has 3 aromatic rings. The highest BCUT2D eigenvalue weighted by Gasteiger charge is 2.23. The number of hydrogen-bond donors (Lipinski definition) is 2. The molecule has 178 valence electrons. The third-order valence-corrected chi connectivity index (χ3v) is 6.14. The van der Waals surface area contributed by atoms with Gasteiger partial charge < -0.3 is 25.3 Å². The van der Waals surface area contributed by atoms with Crippen LogP contribution in [-0.2, 0) is 11.8 Å². The SMILES string of the molecule is Cc1c(Oc2cc(=O)n(C)c(Nc3ccc(I)cc3F)c2C(N)=O)cccc1O[C@@H]1CCOC1. The number of nitrogens with two attached hydrogens (primary N) is 1. The minimum absolute atomic E-state index is 0.0169. The molecule has 0 unspecified atom stereocenters. The summed E-state index contributed by atoms with van der Waals surface area (Å²) in [5, 5.41) is 2.82. The van der Waals surface area contributed by atoms with Gasteiger partial charge in [0.2, 0.25) is 0 Å². The number of carbonyl (C=O) groups is 1. The smallest absolute Gasteiger partial charge is 0.256 e. The van der Waals surface area contributed by atoms with Crippen molar-refractivity contribution in [1.82, 2.24) is 4.57 Å². The van der Waals surface area contributed by atoms with Gasteiger partial charge in [-0.1, -0.05) is 6.07 Å². The molecule has 3 N–H and O–H groups in total. The van der Waals surface area contributed by atoms with Crippen molar-refractivity contribution in [2.75, 3.05) is 18.5 Å². The number of benzene rings is 2. The second-order valence-corrected chi connectivity index (χ2v) is 9.07. The van der Waals surface area contributed by atoms with E-state index in [1.165, 1.54) is 29.8 Å². The topological polar surface area (TPSA) is 105 Å². The van der Waals surface area contributed by atoms with Gasteiger partial charge in [-0.2, -0.15) is 0 Å². The van der Waals surface area contributed by atoms with Crippen LogP contribution in [-0.4, -0.2) is 29.8 Å². The van der Waals surface area contributed by atoms with Crippen molar-refractivity contribution in [3.8, 4) is 17.2 Å². The van der Waals surface area contributed by atoms with Gasteiger partial charge in [0.15, 0.2) is 0 Å². The lowest BCUT2D eigenvalue weighted by molar-refractivity contribution is 0.0998. The normalized spacial score (nSPS) is 15.2. The van der Waals surface area contributed by atoms with Crippen LogP contribution in [0.3, 0.4) is 0 Å². The van der Waals surface area contributed by atoms with Gasteiger partial charge in [0, 0.05) is 28.7 Å². The Bertz CT molecular complexity index is 1300. The number of ether oxygens (including phenoxy) is 3. The Balaban J connectivity index is 1.74. The van der Waals surface area contributed by atoms with Crippen LogP contribution in [0.2, 0.25) is 0 Å². The summed E-state index contributed by atoms with van der Waals surface area (Å²) in [7, 11) is 1.45. The molecule has 1 aromatic heterocycles. The van der Waals surface area contributed by atoms with E-state index in [0.29, 0.717) is 33.8 Å². The largest absolute Gasteiger partial charge is 0.488 e. The van der Waals surface area contributed by atoms with E-state index in [1.807, 2.05) is 35.6 Å². The number of carbonyl (C=O) groups excluding carboxylic acids is 1. The summed E-state index contributed by atoms with van der Waals surface area (Å²) in [4.78, 5) is 25.2. The zero-order valence-electron chi connectivity index (χ0n) is 18.6. The molecule has 0 radical (unpaired) electrons. The van der Waals surface area contributed by atoms with Crippen LogP contribution in [0, 0.1) is 16.3 Å². The Morgan fingerprint density at radius 1 is 1.24 bits per heavy atom. The van der Waals surface area contributed by atoms with Gasteiger partial charge in [-0.3, -0.25) is 14.2 Å². The predicted octanol–water partition coefficient (Wildman–Crippen LogP) is 4.24. The van der Waals surface area contributed by atoms with E-state index in [-0.39, 0.29) is 28.9 Å². The molecular weight excluding hydrogens is 556 g/mol. The molecule has 1 aliphatic rings. The number of pyridine rings is 1. The maximum Gasteiger partial charge on any atom is 0.256 e. The molecule has 4 rings (SSSR count). The van der Waals surface area contributed by atoms with Crippen molar-refractivity contribution in [1.29, 1.82) is 0 Å². The molecule has 0 aliphatic carbocycles. The first-order chi connectivity index (χ1) is 16.2. The Morgan fingerprint density at radius 3 is 2.68 bits per heavy atom. The first kappa shape index (κ1) is 24.0. The number of aromatic nitrogens is 1. The van der Waals surface area contributed by atoms with Crippen molar-refractivity contribution in [2.24, 2.45) is 12.8 Å². The van der Waals surface area contributed by atoms with Crippen LogP contribution >= 0.6 is 22.6 Å². The lowest BCUT2D eigenvalue weighted by Gasteiger charge is -2.20. The van der Waals surface area contributed by atoms with Gasteiger partial charge in [0.25, 0.3) is 11.5 Å². The molecule has 10 heteroatoms. The average Bonchev–Trinajstić information content (AvgIpc) is 3.29. The van der Waals surface area contributed by atoms with Crippen molar-refractivity contribution < 1.29 is 23.4 Å². The van der Waals surface area contributed by atoms with E-state index >= 15 is 0 Å². The third kappa shape index (κ3) is 5.02. The van der Waals surface area contributed by atoms with E-state index in [9.17, 15) is 14.0 Å². The van der Waals surface area contributed by atoms with E-state index < -0.39 is 17.3 Å². The summed E-state index contributed by atoms with van der Waals surface area (Å²) < 4.78 is 33.7. The Kier molecular flexibility index (Phi) is 7.08. The molecule has 1 fully saturated rings. The zero-order chi connectivity index (χ0) is 24.4. The first-order valence-corrected chi connectivity index (χ1v) is 11.6. The Hall–Kier alpha value is -3.12. The van der Waals surface area contributed by atoms with Gasteiger partial charge in [0.05, 0.1) is 18.9 Å². The van der Waals surface area contributed by atoms with Crippen molar-refractivity contribution >= 4 is 40.0 Å². The van der Waals surface area contributed by atoms with Crippen molar-refractivity contribution in [3.63, 3.8) is 0 Å². The minimum Gasteiger partial charge on any atom is -0.488 e. The molecule has 1 atom stereocenters. The standard InChI is InChI=1S/C24H23FIN3O5/c1-13-18(33-15-8-9-32-12-15)4-3-5-19(13)34-20-11-21(30)29(2)24(22(20)23(27)31)28-17-7-6-14(26)10-16(17)25/h3-7,10-11,15,28H,8-9,12H2,1-2H3,(H2,27,31)/t15-/m1/s1. The summed E-state index contributed by atoms with van der Waals surface area (Å²) in [6, 6.07) is 11.0. The van der Waals surface area contributed by atoms with Crippen LogP contribution in [0.15, 0.2) is 47.3 Å². The zero-order valence-corrected chi connectivity index (χ0v) is 20.7. The fourth-order valence-electron chi connectivity index (χ4n) is 3.60. The van der Waals surface area contributed by atoms with Crippen LogP contribution in [0.5, 0.6) is 17.2 Å². The summed E-state index contributed by atoms with van der Waals surface area (Å²) in [6.45, 7) is 2.97. The number of halogens is 2. The molecule has 1 saturated heterocycles. The van der Waals surface area contributed by atoms with Crippen LogP contribution in [0.4, 0.5) is 15.9 Å². The lowest BCUT2D eigenvalue weighted by Crippen LogP contribution is -2.25. The van der Waals surface area contributed by atoms with Crippen molar-refractivity contribution in [2.45, 2.75) is 19.4 Å². The molecule has 0 spiro atoms. The maximum absolute atomic E-state index is 14.5. The molecule has 34 heavy (non-hydrogen) atoms. The van der Waals surface area contributed by atoms with Gasteiger partial charge in [-0.05, 0) is 59.8 Å². The second-order valence-electron chi connectivity index (χ2n) is 7.83. The predicted molar refractivity (Wildman–Crippen MR) is 134 cm³/mol. The number of nitrogens with zero attached hydrogens (tertiary/aromatic N) is 1. The maximum atomic E-state index is 14.5. The molecule has 0 saturated carbocycles. The van der Waals surface area contributed by atoms with Gasteiger partial charge >= 0.3 is 0 Å². The number of amides is 1. The number of rotatable bonds is 7. The van der Waals surface area contributed by atoms with Gasteiger partial charge in [-0.25, -0.2) is 4.39 Å². The quantitative estimate of drug-likeness (QED) is 0.406. The number of nitrogens with one attached hydrogen (secondary N) is 1. The van der Waals surface area contributed by atoms with Crippen molar-refractivity contribution in [3.05, 3.63) is 73.3 Å². The minimum atomic E-state index is -0.841. The fourth-order valence-corrected chi connectivity index (χ4v) is 4.05. The van der Waals surface area contributed by atoms with Crippen LogP contribution in [0.1, 0.15) is 22.3 Å². The fraction of sp³-hybridized carbons (Fsp3) is 0.250. The monoisotopic (exact) mass is 579 g/mol. The summed E-state index contributed by atoms with van der Waals surface area (Å²) in [6.07, 6.45) is 0.730. The Labute approximate surface area is 209 Å². The molecule has 1 aliphatic heterocycles. The highest BCUT2D eigenvalue weighted by molar-refractivity contribution is 14.1. The number of anilines is 2. The first-order valence-electron chi connectivity index (χ1n) is 10.5. The molecule has 2 aromatic carbocycles. The van der Waals surface area contributed by atoms with E-state index in [4.69, 9.17) is 19.9 Å². The summed E-state index contributed by atoms with van der Waals surface area (Å²) >= 11 is 1.99. The van der Waals surface area contributed by atoms with Crippen LogP contribution in [0.25, 0.3) is 0 Å². The Morgan fingerprint density at radius 2 is 2.00 bits per heavy atom. The average molecular weight is 579 g/mol. The number of primary amides is 1. The molecule has 1 amide bonds. The molecule has 8 nitrogen and oxygen atoms in total. The molecular formula is C24H23FIN3O5. The van der Waals surface area contributed by atoms with E-state index in [0.717, 1.165) is 6.42 Å². The van der Waals surface area contributed by atoms with E-state index in [2.05, 4.69) is 5.32 Å².